The molecule has 0 saturated heterocycles. The number of para-hydroxylation sites is 2. The van der Waals surface area contributed by atoms with Gasteiger partial charge in [0, 0.05) is 34.5 Å². The lowest BCUT2D eigenvalue weighted by Gasteiger charge is -2.31. The molecule has 0 aliphatic carbocycles. The minimum Gasteiger partial charge on any atom is -0.464 e. The van der Waals surface area contributed by atoms with Gasteiger partial charge in [0.25, 0.3) is 0 Å². The number of amides is 2. The van der Waals surface area contributed by atoms with Crippen molar-refractivity contribution < 1.29 is 37.6 Å². The van der Waals surface area contributed by atoms with Crippen LogP contribution in [-0.2, 0) is 31.6 Å². The number of benzene rings is 3. The zero-order valence-corrected chi connectivity index (χ0v) is 23.5. The fourth-order valence-corrected chi connectivity index (χ4v) is 5.13. The van der Waals surface area contributed by atoms with Gasteiger partial charge in [0.1, 0.15) is 17.7 Å². The van der Waals surface area contributed by atoms with E-state index in [1.54, 1.807) is 49.5 Å². The van der Waals surface area contributed by atoms with Gasteiger partial charge in [-0.15, -0.1) is 0 Å². The van der Waals surface area contributed by atoms with Crippen molar-refractivity contribution in [2.24, 2.45) is 0 Å². The second-order valence-corrected chi connectivity index (χ2v) is 11.3. The van der Waals surface area contributed by atoms with Crippen LogP contribution in [0, 0.1) is 0 Å². The molecular weight excluding hydrogens is 561 g/mol. The predicted molar refractivity (Wildman–Crippen MR) is 155 cm³/mol. The fraction of sp³-hybridized carbons (Fsp3) is 0.200. The number of carbonyl (C=O) groups is 2. The number of alkyl carbamates (subject to hydrolysis) is 1. The van der Waals surface area contributed by atoms with Gasteiger partial charge < -0.3 is 34.6 Å². The van der Waals surface area contributed by atoms with E-state index in [0.29, 0.717) is 16.7 Å². The highest BCUT2D eigenvalue weighted by Crippen LogP contribution is 2.37. The number of ether oxygens (including phenoxy) is 1. The van der Waals surface area contributed by atoms with Gasteiger partial charge in [-0.05, 0) is 30.2 Å². The Balaban J connectivity index is 1.39. The average molecular weight is 592 g/mol. The molecule has 11 nitrogen and oxygen atoms in total. The van der Waals surface area contributed by atoms with Gasteiger partial charge in [-0.3, -0.25) is 9.32 Å². The van der Waals surface area contributed by atoms with Crippen molar-refractivity contribution in [2.75, 3.05) is 6.61 Å². The summed E-state index contributed by atoms with van der Waals surface area (Å²) in [7, 11) is -4.82. The quantitative estimate of drug-likeness (QED) is 0.132. The van der Waals surface area contributed by atoms with E-state index in [4.69, 9.17) is 13.7 Å². The van der Waals surface area contributed by atoms with Gasteiger partial charge in [0.05, 0.1) is 18.9 Å². The van der Waals surface area contributed by atoms with Crippen molar-refractivity contribution in [3.05, 3.63) is 108 Å². The zero-order chi connectivity index (χ0) is 29.7. The minimum atomic E-state index is -4.82. The largest absolute Gasteiger partial charge is 0.469 e. The molecule has 2 aromatic heterocycles. The normalized spacial score (nSPS) is 13.9. The molecule has 5 N–H and O–H groups in total. The molecule has 12 heteroatoms. The van der Waals surface area contributed by atoms with Crippen molar-refractivity contribution in [3.8, 4) is 0 Å². The van der Waals surface area contributed by atoms with E-state index in [9.17, 15) is 23.9 Å². The number of fused-ring (bicyclic) bond motifs is 2. The molecule has 0 fully saturated rings. The number of nitrogens with one attached hydrogen (secondary N) is 3. The first-order valence-corrected chi connectivity index (χ1v) is 14.7. The Morgan fingerprint density at radius 3 is 2.43 bits per heavy atom. The van der Waals surface area contributed by atoms with Gasteiger partial charge in [-0.1, -0.05) is 66.7 Å². The summed E-state index contributed by atoms with van der Waals surface area (Å²) >= 11 is 0. The second kappa shape index (κ2) is 12.2. The number of furan rings is 1. The van der Waals surface area contributed by atoms with Crippen molar-refractivity contribution in [1.82, 2.24) is 15.6 Å². The van der Waals surface area contributed by atoms with Crippen molar-refractivity contribution in [1.29, 1.82) is 0 Å². The van der Waals surface area contributed by atoms with Crippen LogP contribution < -0.4 is 10.6 Å². The molecule has 0 aliphatic rings. The number of carbonyl (C=O) groups excluding carboxylic acids is 2. The number of phosphoric acid groups is 1. The first-order valence-electron chi connectivity index (χ1n) is 13.1. The summed E-state index contributed by atoms with van der Waals surface area (Å²) in [6.45, 7) is 0.974. The van der Waals surface area contributed by atoms with E-state index < -0.39 is 38.0 Å². The van der Waals surface area contributed by atoms with Crippen molar-refractivity contribution in [2.45, 2.75) is 31.5 Å². The Bertz CT molecular complexity index is 1750. The van der Waals surface area contributed by atoms with E-state index in [-0.39, 0.29) is 13.0 Å². The van der Waals surface area contributed by atoms with Crippen LogP contribution in [0.3, 0.4) is 0 Å². The Morgan fingerprint density at radius 1 is 0.976 bits per heavy atom. The maximum Gasteiger partial charge on any atom is 0.469 e. The maximum atomic E-state index is 13.9. The van der Waals surface area contributed by atoms with Crippen LogP contribution in [0.15, 0.2) is 95.7 Å². The molecule has 218 valence electrons. The molecule has 0 radical (unpaired) electrons. The number of hydrogen-bond acceptors (Lipinski definition) is 6. The Hall–Kier alpha value is -4.41. The van der Waals surface area contributed by atoms with Crippen molar-refractivity contribution in [3.63, 3.8) is 0 Å². The fourth-order valence-electron chi connectivity index (χ4n) is 4.78. The van der Waals surface area contributed by atoms with E-state index in [1.165, 1.54) is 6.26 Å². The molecule has 5 aromatic rings. The van der Waals surface area contributed by atoms with Crippen LogP contribution in [0.5, 0.6) is 0 Å². The van der Waals surface area contributed by atoms with Crippen LogP contribution in [-0.4, -0.2) is 38.9 Å². The van der Waals surface area contributed by atoms with Crippen LogP contribution in [0.4, 0.5) is 4.79 Å². The predicted octanol–water partition coefficient (Wildman–Crippen LogP) is 5.11. The molecule has 3 aromatic carbocycles. The first kappa shape index (κ1) is 29.1. The van der Waals surface area contributed by atoms with Crippen LogP contribution in [0.1, 0.15) is 29.7 Å². The highest BCUT2D eigenvalue weighted by atomic mass is 31.2. The highest BCUT2D eigenvalue weighted by Gasteiger charge is 2.38. The molecule has 0 unspecified atom stereocenters. The van der Waals surface area contributed by atoms with Crippen LogP contribution in [0.25, 0.3) is 21.9 Å². The maximum absolute atomic E-state index is 13.9. The second-order valence-electron chi connectivity index (χ2n) is 10.0. The summed E-state index contributed by atoms with van der Waals surface area (Å²) < 4.78 is 27.2. The van der Waals surface area contributed by atoms with E-state index in [1.807, 2.05) is 42.5 Å². The van der Waals surface area contributed by atoms with Gasteiger partial charge >= 0.3 is 13.9 Å². The summed E-state index contributed by atoms with van der Waals surface area (Å²) in [6, 6.07) is 22.6. The van der Waals surface area contributed by atoms with E-state index in [2.05, 4.69) is 15.6 Å². The summed E-state index contributed by atoms with van der Waals surface area (Å²) in [5, 5.41) is 7.21. The minimum absolute atomic E-state index is 0.0768. The lowest BCUT2D eigenvalue weighted by Crippen LogP contribution is -2.59. The molecule has 2 amide bonds. The van der Waals surface area contributed by atoms with Crippen LogP contribution in [0.2, 0.25) is 0 Å². The topological polar surface area (TPSA) is 163 Å². The molecule has 2 atom stereocenters. The average Bonchev–Trinajstić information content (AvgIpc) is 3.58. The van der Waals surface area contributed by atoms with E-state index in [0.717, 1.165) is 21.9 Å². The first-order chi connectivity index (χ1) is 20.1. The van der Waals surface area contributed by atoms with Gasteiger partial charge in [0.2, 0.25) is 5.91 Å². The number of aromatic nitrogens is 1. The molecule has 0 aliphatic heterocycles. The molecule has 5 rings (SSSR count). The Morgan fingerprint density at radius 2 is 1.67 bits per heavy atom. The number of phosphoric ester groups is 1. The summed E-state index contributed by atoms with van der Waals surface area (Å²) in [5.74, 6) is -0.610. The number of H-pyrrole nitrogens is 1. The van der Waals surface area contributed by atoms with E-state index >= 15 is 0 Å². The van der Waals surface area contributed by atoms with Gasteiger partial charge in [-0.2, -0.15) is 0 Å². The molecule has 0 saturated carbocycles. The lowest BCUT2D eigenvalue weighted by molar-refractivity contribution is -0.128. The number of rotatable bonds is 11. The monoisotopic (exact) mass is 591 g/mol. The van der Waals surface area contributed by atoms with Crippen LogP contribution >= 0.6 is 7.82 Å². The Labute approximate surface area is 241 Å². The van der Waals surface area contributed by atoms with Gasteiger partial charge in [-0.25, -0.2) is 9.36 Å². The SMILES string of the molecule is C[C@](Cc1c[nH]c2ccccc12)(NC(=O)OCc1coc2ccccc12)C(=O)N[C@@H](COP(=O)(O)O)c1ccccc1. The number of hydrogen-bond donors (Lipinski definition) is 5. The summed E-state index contributed by atoms with van der Waals surface area (Å²) in [6.07, 6.45) is 2.53. The third-order valence-electron chi connectivity index (χ3n) is 6.93. The third kappa shape index (κ3) is 6.89. The third-order valence-corrected chi connectivity index (χ3v) is 7.42. The zero-order valence-electron chi connectivity index (χ0n) is 22.7. The lowest BCUT2D eigenvalue weighted by atomic mass is 9.91. The molecule has 42 heavy (non-hydrogen) atoms. The van der Waals surface area contributed by atoms with Crippen molar-refractivity contribution >= 4 is 41.7 Å². The number of aromatic amines is 1. The smallest absolute Gasteiger partial charge is 0.464 e. The molecule has 2 heterocycles. The molecule has 0 spiro atoms. The standard InChI is InChI=1S/C30H30N3O8P/c1-30(15-21-16-31-25-13-7-5-11-23(21)25,33-29(35)40-18-22-17-39-27-14-8-6-12-24(22)27)28(34)32-26(19-41-42(36,37)38)20-9-3-2-4-10-20/h2-14,16-17,26,31H,15,18-19H2,1H3,(H,32,34)(H,33,35)(H2,36,37,38)/t26-,30+/m0/s1. The molecular formula is C30H30N3O8P. The highest BCUT2D eigenvalue weighted by molar-refractivity contribution is 7.46. The van der Waals surface area contributed by atoms with Gasteiger partial charge in [0.15, 0.2) is 0 Å². The summed E-state index contributed by atoms with van der Waals surface area (Å²) in [5.41, 5.74) is 1.97. The Kier molecular flexibility index (Phi) is 8.46. The molecule has 0 bridgehead atoms. The summed E-state index contributed by atoms with van der Waals surface area (Å²) in [4.78, 5) is 48.8.